The van der Waals surface area contributed by atoms with Crippen molar-refractivity contribution >= 4 is 11.6 Å². The van der Waals surface area contributed by atoms with Crippen LogP contribution in [-0.4, -0.2) is 38.4 Å². The number of hydrogen-bond donors (Lipinski definition) is 3. The standard InChI is InChI=1S/C20H27N3O4/c1-5-21-20(22-13-14-7-9-17(25-3)16(24)11-14)23-15-8-10-18(26-4)19(12-15)27-6-2/h7-12,24H,5-6,13H2,1-4H3,(H2,21,22,23). The Bertz CT molecular complexity index is 778. The topological polar surface area (TPSA) is 84.3 Å². The Morgan fingerprint density at radius 1 is 1.00 bits per heavy atom. The van der Waals surface area contributed by atoms with Gasteiger partial charge in [-0.15, -0.1) is 0 Å². The molecule has 0 aliphatic carbocycles. The summed E-state index contributed by atoms with van der Waals surface area (Å²) in [5, 5.41) is 16.3. The number of methoxy groups -OCH3 is 2. The molecule has 0 aromatic heterocycles. The lowest BCUT2D eigenvalue weighted by Gasteiger charge is -2.14. The number of aliphatic imine (C=N–C) groups is 1. The molecule has 0 spiro atoms. The van der Waals surface area contributed by atoms with Crippen LogP contribution in [0.4, 0.5) is 5.69 Å². The van der Waals surface area contributed by atoms with Gasteiger partial charge in [-0.25, -0.2) is 4.99 Å². The summed E-state index contributed by atoms with van der Waals surface area (Å²) in [6, 6.07) is 10.8. The first kappa shape index (κ1) is 20.2. The molecule has 0 fully saturated rings. The Kier molecular flexibility index (Phi) is 7.61. The number of ether oxygens (including phenoxy) is 3. The van der Waals surface area contributed by atoms with Crippen LogP contribution in [0.25, 0.3) is 0 Å². The summed E-state index contributed by atoms with van der Waals surface area (Å²) in [5.74, 6) is 2.51. The van der Waals surface area contributed by atoms with Gasteiger partial charge in [0.15, 0.2) is 29.0 Å². The predicted molar refractivity (Wildman–Crippen MR) is 107 cm³/mol. The molecule has 27 heavy (non-hydrogen) atoms. The number of benzene rings is 2. The number of phenols is 1. The molecule has 2 aromatic carbocycles. The Hall–Kier alpha value is -3.09. The highest BCUT2D eigenvalue weighted by atomic mass is 16.5. The molecule has 0 saturated carbocycles. The second-order valence-corrected chi connectivity index (χ2v) is 5.63. The summed E-state index contributed by atoms with van der Waals surface area (Å²) in [6.07, 6.45) is 0. The van der Waals surface area contributed by atoms with Gasteiger partial charge in [-0.05, 0) is 43.7 Å². The van der Waals surface area contributed by atoms with Crippen LogP contribution >= 0.6 is 0 Å². The molecule has 0 saturated heterocycles. The highest BCUT2D eigenvalue weighted by Crippen LogP contribution is 2.30. The van der Waals surface area contributed by atoms with Crippen LogP contribution in [0.3, 0.4) is 0 Å². The molecular weight excluding hydrogens is 346 g/mol. The van der Waals surface area contributed by atoms with Crippen molar-refractivity contribution in [2.45, 2.75) is 20.4 Å². The summed E-state index contributed by atoms with van der Waals surface area (Å²) < 4.78 is 16.0. The average molecular weight is 373 g/mol. The van der Waals surface area contributed by atoms with E-state index < -0.39 is 0 Å². The van der Waals surface area contributed by atoms with Crippen LogP contribution in [-0.2, 0) is 6.54 Å². The lowest BCUT2D eigenvalue weighted by molar-refractivity contribution is 0.311. The highest BCUT2D eigenvalue weighted by molar-refractivity contribution is 5.93. The lowest BCUT2D eigenvalue weighted by atomic mass is 10.2. The molecule has 146 valence electrons. The van der Waals surface area contributed by atoms with Gasteiger partial charge in [0.2, 0.25) is 0 Å². The number of nitrogens with one attached hydrogen (secondary N) is 2. The molecule has 7 heteroatoms. The minimum Gasteiger partial charge on any atom is -0.504 e. The Morgan fingerprint density at radius 3 is 2.37 bits per heavy atom. The number of guanidine groups is 1. The van der Waals surface area contributed by atoms with E-state index in [1.54, 1.807) is 19.2 Å². The van der Waals surface area contributed by atoms with E-state index in [-0.39, 0.29) is 5.75 Å². The van der Waals surface area contributed by atoms with E-state index in [0.29, 0.717) is 42.9 Å². The summed E-state index contributed by atoms with van der Waals surface area (Å²) in [4.78, 5) is 4.56. The maximum atomic E-state index is 9.90. The van der Waals surface area contributed by atoms with Crippen molar-refractivity contribution in [1.82, 2.24) is 5.32 Å². The third kappa shape index (κ3) is 5.70. The Balaban J connectivity index is 2.15. The van der Waals surface area contributed by atoms with Gasteiger partial charge >= 0.3 is 0 Å². The molecule has 0 radical (unpaired) electrons. The van der Waals surface area contributed by atoms with Crippen molar-refractivity contribution in [3.8, 4) is 23.0 Å². The van der Waals surface area contributed by atoms with Crippen LogP contribution in [0.5, 0.6) is 23.0 Å². The van der Waals surface area contributed by atoms with E-state index >= 15 is 0 Å². The zero-order valence-electron chi connectivity index (χ0n) is 16.2. The van der Waals surface area contributed by atoms with Gasteiger partial charge in [-0.1, -0.05) is 6.07 Å². The van der Waals surface area contributed by atoms with Crippen molar-refractivity contribution in [2.24, 2.45) is 4.99 Å². The molecule has 2 rings (SSSR count). The third-order valence-corrected chi connectivity index (χ3v) is 3.73. The summed E-state index contributed by atoms with van der Waals surface area (Å²) >= 11 is 0. The van der Waals surface area contributed by atoms with Gasteiger partial charge in [0, 0.05) is 18.3 Å². The fraction of sp³-hybridized carbons (Fsp3) is 0.350. The molecule has 0 amide bonds. The molecule has 0 aliphatic rings. The van der Waals surface area contributed by atoms with E-state index in [0.717, 1.165) is 11.3 Å². The average Bonchev–Trinajstić information content (AvgIpc) is 2.67. The van der Waals surface area contributed by atoms with E-state index in [9.17, 15) is 5.11 Å². The van der Waals surface area contributed by atoms with Crippen LogP contribution in [0, 0.1) is 0 Å². The second-order valence-electron chi connectivity index (χ2n) is 5.63. The van der Waals surface area contributed by atoms with Crippen molar-refractivity contribution in [3.63, 3.8) is 0 Å². The molecule has 0 bridgehead atoms. The van der Waals surface area contributed by atoms with Crippen molar-refractivity contribution in [3.05, 3.63) is 42.0 Å². The SMILES string of the molecule is CCNC(=NCc1ccc(OC)c(O)c1)Nc1ccc(OC)c(OCC)c1. The van der Waals surface area contributed by atoms with Crippen LogP contribution in [0.15, 0.2) is 41.4 Å². The van der Waals surface area contributed by atoms with Gasteiger partial charge in [0.05, 0.1) is 27.4 Å². The molecule has 2 aromatic rings. The van der Waals surface area contributed by atoms with E-state index in [4.69, 9.17) is 14.2 Å². The minimum atomic E-state index is 0.0969. The number of aromatic hydroxyl groups is 1. The predicted octanol–water partition coefficient (Wildman–Crippen LogP) is 3.39. The maximum Gasteiger partial charge on any atom is 0.196 e. The Morgan fingerprint density at radius 2 is 1.74 bits per heavy atom. The monoisotopic (exact) mass is 373 g/mol. The quantitative estimate of drug-likeness (QED) is 0.486. The number of rotatable bonds is 8. The van der Waals surface area contributed by atoms with E-state index in [1.807, 2.05) is 38.1 Å². The van der Waals surface area contributed by atoms with Gasteiger partial charge in [-0.2, -0.15) is 0 Å². The van der Waals surface area contributed by atoms with Gasteiger partial charge < -0.3 is 30.0 Å². The largest absolute Gasteiger partial charge is 0.504 e. The number of anilines is 1. The van der Waals surface area contributed by atoms with Crippen molar-refractivity contribution in [2.75, 3.05) is 32.7 Å². The number of nitrogens with zero attached hydrogens (tertiary/aromatic N) is 1. The number of phenolic OH excluding ortho intramolecular Hbond substituents is 1. The normalized spacial score (nSPS) is 11.0. The van der Waals surface area contributed by atoms with E-state index in [1.165, 1.54) is 7.11 Å². The maximum absolute atomic E-state index is 9.90. The van der Waals surface area contributed by atoms with Crippen molar-refractivity contribution in [1.29, 1.82) is 0 Å². The zero-order chi connectivity index (χ0) is 19.6. The highest BCUT2D eigenvalue weighted by Gasteiger charge is 2.07. The summed E-state index contributed by atoms with van der Waals surface area (Å²) in [6.45, 7) is 5.59. The van der Waals surface area contributed by atoms with Crippen LogP contribution < -0.4 is 24.8 Å². The molecule has 0 heterocycles. The van der Waals surface area contributed by atoms with Crippen LogP contribution in [0.2, 0.25) is 0 Å². The second kappa shape index (κ2) is 10.2. The fourth-order valence-corrected chi connectivity index (χ4v) is 2.47. The van der Waals surface area contributed by atoms with Gasteiger partial charge in [0.25, 0.3) is 0 Å². The molecule has 3 N–H and O–H groups in total. The first-order valence-corrected chi connectivity index (χ1v) is 8.83. The minimum absolute atomic E-state index is 0.0969. The molecule has 7 nitrogen and oxygen atoms in total. The summed E-state index contributed by atoms with van der Waals surface area (Å²) in [5.41, 5.74) is 1.70. The van der Waals surface area contributed by atoms with Gasteiger partial charge in [0.1, 0.15) is 0 Å². The van der Waals surface area contributed by atoms with Gasteiger partial charge in [-0.3, -0.25) is 0 Å². The first-order chi connectivity index (χ1) is 13.1. The lowest BCUT2D eigenvalue weighted by Crippen LogP contribution is -2.30. The summed E-state index contributed by atoms with van der Waals surface area (Å²) in [7, 11) is 3.13. The smallest absolute Gasteiger partial charge is 0.196 e. The van der Waals surface area contributed by atoms with Crippen molar-refractivity contribution < 1.29 is 19.3 Å². The van der Waals surface area contributed by atoms with E-state index in [2.05, 4.69) is 15.6 Å². The third-order valence-electron chi connectivity index (χ3n) is 3.73. The van der Waals surface area contributed by atoms with Crippen LogP contribution in [0.1, 0.15) is 19.4 Å². The number of hydrogen-bond acceptors (Lipinski definition) is 5. The fourth-order valence-electron chi connectivity index (χ4n) is 2.47. The molecule has 0 unspecified atom stereocenters. The zero-order valence-corrected chi connectivity index (χ0v) is 16.2. The molecular formula is C20H27N3O4. The molecule has 0 atom stereocenters. The molecule has 0 aliphatic heterocycles. The first-order valence-electron chi connectivity index (χ1n) is 8.83. The Labute approximate surface area is 160 Å².